The van der Waals surface area contributed by atoms with Crippen molar-refractivity contribution < 1.29 is 14.3 Å². The van der Waals surface area contributed by atoms with Crippen LogP contribution in [0.15, 0.2) is 70.7 Å². The van der Waals surface area contributed by atoms with Crippen molar-refractivity contribution in [1.82, 2.24) is 0 Å². The predicted molar refractivity (Wildman–Crippen MR) is 138 cm³/mol. The number of anilines is 2. The molecule has 2 amide bonds. The van der Waals surface area contributed by atoms with E-state index >= 15 is 0 Å². The van der Waals surface area contributed by atoms with Crippen molar-refractivity contribution in [3.05, 3.63) is 91.3 Å². The first-order chi connectivity index (χ1) is 16.2. The fraction of sp³-hybridized carbons (Fsp3) is 0.0417. The number of rotatable bonds is 7. The summed E-state index contributed by atoms with van der Waals surface area (Å²) >= 11 is 21.1. The number of halogens is 4. The van der Waals surface area contributed by atoms with E-state index in [-0.39, 0.29) is 12.2 Å². The largest absolute Gasteiger partial charge is 0.483 e. The number of benzene rings is 3. The molecule has 0 unspecified atom stereocenters. The van der Waals surface area contributed by atoms with E-state index in [1.54, 1.807) is 54.6 Å². The van der Waals surface area contributed by atoms with Crippen molar-refractivity contribution in [3.8, 4) is 11.8 Å². The molecule has 0 spiro atoms. The number of nitrogens with zero attached hydrogens (tertiary/aromatic N) is 1. The molecule has 10 heteroatoms. The predicted octanol–water partition coefficient (Wildman–Crippen LogP) is 6.97. The minimum absolute atomic E-state index is 0.164. The molecule has 2 N–H and O–H groups in total. The molecule has 0 fully saturated rings. The normalized spacial score (nSPS) is 10.9. The highest BCUT2D eigenvalue weighted by Crippen LogP contribution is 2.27. The van der Waals surface area contributed by atoms with Gasteiger partial charge in [0.2, 0.25) is 0 Å². The maximum atomic E-state index is 12.6. The van der Waals surface area contributed by atoms with Gasteiger partial charge in [0, 0.05) is 26.4 Å². The molecule has 0 atom stereocenters. The van der Waals surface area contributed by atoms with Crippen LogP contribution in [-0.2, 0) is 9.59 Å². The molecule has 0 aliphatic heterocycles. The van der Waals surface area contributed by atoms with Crippen molar-refractivity contribution in [2.75, 3.05) is 17.2 Å². The van der Waals surface area contributed by atoms with Crippen molar-refractivity contribution in [2.45, 2.75) is 0 Å². The molecule has 3 aromatic rings. The second-order valence-corrected chi connectivity index (χ2v) is 8.95. The number of carbonyl (C=O) groups excluding carboxylic acids is 2. The molecular formula is C24H15BrCl3N3O3. The summed E-state index contributed by atoms with van der Waals surface area (Å²) in [6, 6.07) is 18.1. The number of hydrogen-bond donors (Lipinski definition) is 2. The molecule has 0 radical (unpaired) electrons. The summed E-state index contributed by atoms with van der Waals surface area (Å²) in [5, 5.41) is 15.9. The van der Waals surface area contributed by atoms with E-state index in [4.69, 9.17) is 39.5 Å². The second-order valence-electron chi connectivity index (χ2n) is 6.78. The van der Waals surface area contributed by atoms with E-state index in [0.29, 0.717) is 42.2 Å². The van der Waals surface area contributed by atoms with Gasteiger partial charge in [0.25, 0.3) is 11.8 Å². The Kier molecular flexibility index (Phi) is 8.97. The van der Waals surface area contributed by atoms with E-state index in [0.717, 1.165) is 0 Å². The number of nitriles is 1. The highest BCUT2D eigenvalue weighted by molar-refractivity contribution is 9.10. The van der Waals surface area contributed by atoms with Crippen LogP contribution in [0.2, 0.25) is 15.1 Å². The smallest absolute Gasteiger partial charge is 0.266 e. The van der Waals surface area contributed by atoms with Crippen molar-refractivity contribution in [1.29, 1.82) is 5.26 Å². The van der Waals surface area contributed by atoms with Crippen LogP contribution in [0.1, 0.15) is 5.56 Å². The van der Waals surface area contributed by atoms with E-state index in [1.165, 1.54) is 12.1 Å². The van der Waals surface area contributed by atoms with Gasteiger partial charge in [0.15, 0.2) is 6.61 Å². The van der Waals surface area contributed by atoms with Gasteiger partial charge < -0.3 is 15.4 Å². The minimum atomic E-state index is -0.618. The zero-order chi connectivity index (χ0) is 24.7. The lowest BCUT2D eigenvalue weighted by Crippen LogP contribution is -2.20. The molecule has 0 aliphatic rings. The first kappa shape index (κ1) is 25.6. The third-order valence-corrected chi connectivity index (χ3v) is 5.75. The summed E-state index contributed by atoms with van der Waals surface area (Å²) in [7, 11) is 0. The molecule has 0 saturated heterocycles. The van der Waals surface area contributed by atoms with E-state index in [9.17, 15) is 14.9 Å². The molecule has 0 bridgehead atoms. The van der Waals surface area contributed by atoms with Crippen molar-refractivity contribution in [2.24, 2.45) is 0 Å². The standard InChI is InChI=1S/C24H15BrCl3N3O3/c25-16-4-7-22(34-13-23(32)30-19-5-6-20(27)21(28)11-19)14(9-16)8-15(12-29)24(33)31-18-3-1-2-17(26)10-18/h1-11H,13H2,(H,30,32)(H,31,33)/b15-8-. The topological polar surface area (TPSA) is 91.2 Å². The minimum Gasteiger partial charge on any atom is -0.483 e. The summed E-state index contributed by atoms with van der Waals surface area (Å²) in [5.74, 6) is -0.751. The van der Waals surface area contributed by atoms with Gasteiger partial charge in [-0.1, -0.05) is 56.8 Å². The first-order valence-corrected chi connectivity index (χ1v) is 11.5. The van der Waals surface area contributed by atoms with E-state index < -0.39 is 11.8 Å². The summed E-state index contributed by atoms with van der Waals surface area (Å²) < 4.78 is 6.34. The van der Waals surface area contributed by atoms with Crippen LogP contribution in [0.4, 0.5) is 11.4 Å². The lowest BCUT2D eigenvalue weighted by atomic mass is 10.1. The van der Waals surface area contributed by atoms with E-state index in [2.05, 4.69) is 26.6 Å². The average Bonchev–Trinajstić information content (AvgIpc) is 2.79. The first-order valence-electron chi connectivity index (χ1n) is 9.61. The SMILES string of the molecule is N#C/C(=C/c1cc(Br)ccc1OCC(=O)Nc1ccc(Cl)c(Cl)c1)C(=O)Nc1cccc(Cl)c1. The lowest BCUT2D eigenvalue weighted by molar-refractivity contribution is -0.118. The zero-order valence-electron chi connectivity index (χ0n) is 17.2. The number of nitrogens with one attached hydrogen (secondary N) is 2. The number of hydrogen-bond acceptors (Lipinski definition) is 4. The quantitative estimate of drug-likeness (QED) is 0.234. The molecule has 3 aromatic carbocycles. The molecule has 172 valence electrons. The maximum Gasteiger partial charge on any atom is 0.266 e. The number of amides is 2. The fourth-order valence-electron chi connectivity index (χ4n) is 2.75. The number of ether oxygens (including phenoxy) is 1. The average molecular weight is 580 g/mol. The highest BCUT2D eigenvalue weighted by atomic mass is 79.9. The van der Waals surface area contributed by atoms with Gasteiger partial charge in [0.05, 0.1) is 10.0 Å². The second kappa shape index (κ2) is 11.9. The third-order valence-electron chi connectivity index (χ3n) is 4.28. The Hall–Kier alpha value is -3.02. The Morgan fingerprint density at radius 3 is 2.44 bits per heavy atom. The monoisotopic (exact) mass is 577 g/mol. The highest BCUT2D eigenvalue weighted by Gasteiger charge is 2.13. The third kappa shape index (κ3) is 7.24. The van der Waals surface area contributed by atoms with Crippen LogP contribution in [0, 0.1) is 11.3 Å². The molecule has 0 heterocycles. The van der Waals surface area contributed by atoms with Crippen molar-refractivity contribution >= 4 is 80.0 Å². The number of carbonyl (C=O) groups is 2. The maximum absolute atomic E-state index is 12.6. The van der Waals surface area contributed by atoms with E-state index in [1.807, 2.05) is 6.07 Å². The molecule has 6 nitrogen and oxygen atoms in total. The summed E-state index contributed by atoms with van der Waals surface area (Å²) in [5.41, 5.74) is 1.17. The van der Waals surface area contributed by atoms with Crippen LogP contribution in [0.25, 0.3) is 6.08 Å². The Morgan fingerprint density at radius 1 is 0.971 bits per heavy atom. The zero-order valence-corrected chi connectivity index (χ0v) is 21.1. The van der Waals surface area contributed by atoms with Crippen LogP contribution in [0.5, 0.6) is 5.75 Å². The van der Waals surface area contributed by atoms with Crippen LogP contribution >= 0.6 is 50.7 Å². The summed E-state index contributed by atoms with van der Waals surface area (Å²) in [6.45, 7) is -0.320. The molecule has 0 aliphatic carbocycles. The van der Waals surface area contributed by atoms with Crippen LogP contribution in [0.3, 0.4) is 0 Å². The van der Waals surface area contributed by atoms with Gasteiger partial charge in [-0.05, 0) is 60.7 Å². The Bertz CT molecular complexity index is 1320. The van der Waals surface area contributed by atoms with Gasteiger partial charge in [-0.3, -0.25) is 9.59 Å². The molecule has 34 heavy (non-hydrogen) atoms. The Labute approximate surface area is 219 Å². The van der Waals surface area contributed by atoms with Crippen LogP contribution in [-0.4, -0.2) is 18.4 Å². The van der Waals surface area contributed by atoms with Gasteiger partial charge in [0.1, 0.15) is 17.4 Å². The summed E-state index contributed by atoms with van der Waals surface area (Å²) in [4.78, 5) is 24.9. The Morgan fingerprint density at radius 2 is 1.74 bits per heavy atom. The van der Waals surface area contributed by atoms with Gasteiger partial charge in [-0.15, -0.1) is 0 Å². The fourth-order valence-corrected chi connectivity index (χ4v) is 3.61. The molecule has 0 saturated carbocycles. The molecule has 3 rings (SSSR count). The lowest BCUT2D eigenvalue weighted by Gasteiger charge is -2.11. The van der Waals surface area contributed by atoms with Crippen molar-refractivity contribution in [3.63, 3.8) is 0 Å². The molecular weight excluding hydrogens is 565 g/mol. The van der Waals surface area contributed by atoms with Crippen LogP contribution < -0.4 is 15.4 Å². The van der Waals surface area contributed by atoms with Gasteiger partial charge in [-0.2, -0.15) is 5.26 Å². The summed E-state index contributed by atoms with van der Waals surface area (Å²) in [6.07, 6.45) is 1.37. The van der Waals surface area contributed by atoms with Gasteiger partial charge >= 0.3 is 0 Å². The molecule has 0 aromatic heterocycles. The Balaban J connectivity index is 1.74. The van der Waals surface area contributed by atoms with Gasteiger partial charge in [-0.25, -0.2) is 0 Å².